The molecule has 7 heteroatoms. The van der Waals surface area contributed by atoms with Gasteiger partial charge in [-0.25, -0.2) is 0 Å². The molecule has 0 aliphatic carbocycles. The standard InChI is InChI=1S/C27H25NO6/c1-16(2)17-5-7-18(8-6-17)24-23(26(30)27(31)28(24)15-20-4-3-11-32-20)25(29)19-9-10-21-22(14-19)34-13-12-33-21/h3-11,14,16,24,29H,12-13,15H2,1-2H3/b25-23+/t24-/m1/s1. The molecule has 1 atom stereocenters. The van der Waals surface area contributed by atoms with Crippen molar-refractivity contribution in [2.45, 2.75) is 32.4 Å². The second-order valence-corrected chi connectivity index (χ2v) is 8.69. The molecule has 2 aliphatic heterocycles. The van der Waals surface area contributed by atoms with E-state index in [0.717, 1.165) is 11.1 Å². The van der Waals surface area contributed by atoms with Crippen molar-refractivity contribution in [1.29, 1.82) is 0 Å². The lowest BCUT2D eigenvalue weighted by atomic mass is 9.93. The number of aliphatic hydroxyl groups is 1. The third-order valence-corrected chi connectivity index (χ3v) is 6.18. The summed E-state index contributed by atoms with van der Waals surface area (Å²) in [4.78, 5) is 27.8. The number of carbonyl (C=O) groups is 2. The average Bonchev–Trinajstić information content (AvgIpc) is 3.46. The summed E-state index contributed by atoms with van der Waals surface area (Å²) < 4.78 is 16.6. The van der Waals surface area contributed by atoms with Gasteiger partial charge in [-0.05, 0) is 47.4 Å². The van der Waals surface area contributed by atoms with Crippen LogP contribution in [-0.2, 0) is 16.1 Å². The molecule has 2 aliphatic rings. The van der Waals surface area contributed by atoms with E-state index in [4.69, 9.17) is 13.9 Å². The lowest BCUT2D eigenvalue weighted by molar-refractivity contribution is -0.140. The van der Waals surface area contributed by atoms with Crippen LogP contribution in [0.4, 0.5) is 0 Å². The lowest BCUT2D eigenvalue weighted by Crippen LogP contribution is -2.29. The molecule has 34 heavy (non-hydrogen) atoms. The van der Waals surface area contributed by atoms with Gasteiger partial charge in [0.15, 0.2) is 11.5 Å². The number of aliphatic hydroxyl groups excluding tert-OH is 1. The molecule has 2 aromatic carbocycles. The monoisotopic (exact) mass is 459 g/mol. The van der Waals surface area contributed by atoms with Crippen LogP contribution in [0, 0.1) is 0 Å². The molecule has 5 rings (SSSR count). The van der Waals surface area contributed by atoms with Crippen molar-refractivity contribution in [3.63, 3.8) is 0 Å². The number of furan rings is 1. The van der Waals surface area contributed by atoms with Crippen LogP contribution in [0.2, 0.25) is 0 Å². The molecule has 0 spiro atoms. The van der Waals surface area contributed by atoms with Gasteiger partial charge in [-0.1, -0.05) is 38.1 Å². The summed E-state index contributed by atoms with van der Waals surface area (Å²) >= 11 is 0. The highest BCUT2D eigenvalue weighted by Crippen LogP contribution is 2.42. The van der Waals surface area contributed by atoms with Gasteiger partial charge >= 0.3 is 0 Å². The smallest absolute Gasteiger partial charge is 0.296 e. The van der Waals surface area contributed by atoms with Crippen LogP contribution in [-0.4, -0.2) is 34.9 Å². The number of ketones is 1. The van der Waals surface area contributed by atoms with Gasteiger partial charge in [-0.15, -0.1) is 0 Å². The number of likely N-dealkylation sites (tertiary alicyclic amines) is 1. The van der Waals surface area contributed by atoms with E-state index in [1.54, 1.807) is 30.3 Å². The molecule has 1 fully saturated rings. The Labute approximate surface area is 197 Å². The van der Waals surface area contributed by atoms with Gasteiger partial charge in [0.05, 0.1) is 24.4 Å². The Balaban J connectivity index is 1.62. The largest absolute Gasteiger partial charge is 0.507 e. The second kappa shape index (κ2) is 8.74. The molecular weight excluding hydrogens is 434 g/mol. The number of amides is 1. The lowest BCUT2D eigenvalue weighted by Gasteiger charge is -2.25. The minimum absolute atomic E-state index is 0.0329. The van der Waals surface area contributed by atoms with Crippen molar-refractivity contribution in [3.8, 4) is 11.5 Å². The maximum absolute atomic E-state index is 13.2. The molecule has 1 saturated heterocycles. The highest BCUT2D eigenvalue weighted by Gasteiger charge is 2.46. The first kappa shape index (κ1) is 21.8. The number of fused-ring (bicyclic) bond motifs is 1. The molecule has 7 nitrogen and oxygen atoms in total. The number of Topliss-reactive ketones (excluding diaryl/α,β-unsaturated/α-hetero) is 1. The predicted molar refractivity (Wildman–Crippen MR) is 125 cm³/mol. The van der Waals surface area contributed by atoms with Crippen molar-refractivity contribution in [1.82, 2.24) is 4.90 Å². The first-order valence-corrected chi connectivity index (χ1v) is 11.2. The summed E-state index contributed by atoms with van der Waals surface area (Å²) in [5.74, 6) is 0.256. The molecule has 174 valence electrons. The highest BCUT2D eigenvalue weighted by atomic mass is 16.6. The van der Waals surface area contributed by atoms with Gasteiger partial charge in [-0.2, -0.15) is 0 Å². The van der Waals surface area contributed by atoms with E-state index < -0.39 is 17.7 Å². The number of benzene rings is 2. The van der Waals surface area contributed by atoms with E-state index in [1.807, 2.05) is 24.3 Å². The zero-order valence-corrected chi connectivity index (χ0v) is 19.0. The van der Waals surface area contributed by atoms with Gasteiger partial charge in [0.25, 0.3) is 11.7 Å². The molecule has 0 unspecified atom stereocenters. The zero-order chi connectivity index (χ0) is 23.8. The fourth-order valence-corrected chi connectivity index (χ4v) is 4.37. The first-order valence-electron chi connectivity index (χ1n) is 11.2. The Morgan fingerprint density at radius 2 is 1.76 bits per heavy atom. The zero-order valence-electron chi connectivity index (χ0n) is 19.0. The molecule has 1 amide bonds. The Bertz CT molecular complexity index is 1260. The Morgan fingerprint density at radius 3 is 2.44 bits per heavy atom. The van der Waals surface area contributed by atoms with Gasteiger partial charge in [0.2, 0.25) is 0 Å². The van der Waals surface area contributed by atoms with Crippen LogP contribution in [0.3, 0.4) is 0 Å². The van der Waals surface area contributed by atoms with Gasteiger partial charge in [-0.3, -0.25) is 9.59 Å². The summed E-state index contributed by atoms with van der Waals surface area (Å²) in [7, 11) is 0. The van der Waals surface area contributed by atoms with Crippen LogP contribution in [0.1, 0.15) is 48.3 Å². The predicted octanol–water partition coefficient (Wildman–Crippen LogP) is 4.80. The van der Waals surface area contributed by atoms with Gasteiger partial charge < -0.3 is 23.9 Å². The first-order chi connectivity index (χ1) is 16.4. The fraction of sp³-hybridized carbons (Fsp3) is 0.259. The molecule has 0 saturated carbocycles. The van der Waals surface area contributed by atoms with E-state index >= 15 is 0 Å². The quantitative estimate of drug-likeness (QED) is 0.335. The minimum Gasteiger partial charge on any atom is -0.507 e. The average molecular weight is 459 g/mol. The molecule has 1 N–H and O–H groups in total. The number of rotatable bonds is 5. The third kappa shape index (κ3) is 3.83. The second-order valence-electron chi connectivity index (χ2n) is 8.69. The van der Waals surface area contributed by atoms with Crippen molar-refractivity contribution >= 4 is 17.4 Å². The number of hydrogen-bond acceptors (Lipinski definition) is 6. The topological polar surface area (TPSA) is 89.2 Å². The Kier molecular flexibility index (Phi) is 5.61. The highest BCUT2D eigenvalue weighted by molar-refractivity contribution is 6.46. The normalized spacial score (nSPS) is 19.1. The van der Waals surface area contributed by atoms with Crippen LogP contribution in [0.25, 0.3) is 5.76 Å². The SMILES string of the molecule is CC(C)c1ccc([C@@H]2/C(=C(\O)c3ccc4c(c3)OCCO4)C(=O)C(=O)N2Cc2ccco2)cc1. The molecule has 0 bridgehead atoms. The molecular formula is C27H25NO6. The van der Waals surface area contributed by atoms with E-state index in [-0.39, 0.29) is 17.9 Å². The molecule has 1 aromatic heterocycles. The van der Waals surface area contributed by atoms with Crippen LogP contribution < -0.4 is 9.47 Å². The van der Waals surface area contributed by atoms with E-state index in [2.05, 4.69) is 13.8 Å². The minimum atomic E-state index is -0.764. The summed E-state index contributed by atoms with van der Waals surface area (Å²) in [6.45, 7) is 5.14. The number of hydrogen-bond donors (Lipinski definition) is 1. The number of ether oxygens (including phenoxy) is 2. The maximum Gasteiger partial charge on any atom is 0.296 e. The summed E-state index contributed by atoms with van der Waals surface area (Å²) in [6, 6.07) is 15.5. The van der Waals surface area contributed by atoms with Crippen molar-refractivity contribution in [2.75, 3.05) is 13.2 Å². The van der Waals surface area contributed by atoms with Crippen LogP contribution in [0.5, 0.6) is 11.5 Å². The van der Waals surface area contributed by atoms with Crippen LogP contribution in [0.15, 0.2) is 70.9 Å². The van der Waals surface area contributed by atoms with E-state index in [0.29, 0.717) is 42.0 Å². The third-order valence-electron chi connectivity index (χ3n) is 6.18. The fourth-order valence-electron chi connectivity index (χ4n) is 4.37. The number of carbonyl (C=O) groups excluding carboxylic acids is 2. The summed E-state index contributed by atoms with van der Waals surface area (Å²) in [5, 5.41) is 11.3. The van der Waals surface area contributed by atoms with Crippen molar-refractivity contribution < 1.29 is 28.6 Å². The molecule has 3 aromatic rings. The van der Waals surface area contributed by atoms with E-state index in [9.17, 15) is 14.7 Å². The van der Waals surface area contributed by atoms with Gasteiger partial charge in [0, 0.05) is 5.56 Å². The molecule has 3 heterocycles. The Hall–Kier alpha value is -4.00. The van der Waals surface area contributed by atoms with Crippen molar-refractivity contribution in [3.05, 3.63) is 88.9 Å². The van der Waals surface area contributed by atoms with Gasteiger partial charge in [0.1, 0.15) is 24.7 Å². The number of nitrogens with zero attached hydrogens (tertiary/aromatic N) is 1. The Morgan fingerprint density at radius 1 is 1.03 bits per heavy atom. The van der Waals surface area contributed by atoms with Crippen molar-refractivity contribution in [2.24, 2.45) is 0 Å². The maximum atomic E-state index is 13.2. The summed E-state index contributed by atoms with van der Waals surface area (Å²) in [6.07, 6.45) is 1.52. The summed E-state index contributed by atoms with van der Waals surface area (Å²) in [5.41, 5.74) is 2.28. The van der Waals surface area contributed by atoms with E-state index in [1.165, 1.54) is 11.2 Å². The molecule has 0 radical (unpaired) electrons. The van der Waals surface area contributed by atoms with Crippen LogP contribution >= 0.6 is 0 Å².